The van der Waals surface area contributed by atoms with Gasteiger partial charge in [-0.3, -0.25) is 14.4 Å². The quantitative estimate of drug-likeness (QED) is 0.739. The standard InChI is InChI=1S/3C4H8O2/c1-3-6-4(2)5;2*1-2-3-4(5)6/h3H2,1-2H3;2*2-3H2,1H3,(H,5,6). The Morgan fingerprint density at radius 2 is 1.22 bits per heavy atom. The summed E-state index contributed by atoms with van der Waals surface area (Å²) in [6, 6.07) is 0. The van der Waals surface area contributed by atoms with Crippen LogP contribution >= 0.6 is 0 Å². The van der Waals surface area contributed by atoms with Gasteiger partial charge < -0.3 is 14.9 Å². The summed E-state index contributed by atoms with van der Waals surface area (Å²) in [5.74, 6) is -1.63. The highest BCUT2D eigenvalue weighted by Gasteiger charge is 1.88. The molecule has 0 bridgehead atoms. The van der Waals surface area contributed by atoms with Gasteiger partial charge in [-0.1, -0.05) is 13.8 Å². The zero-order valence-corrected chi connectivity index (χ0v) is 11.6. The fourth-order valence-electron chi connectivity index (χ4n) is 0.631. The van der Waals surface area contributed by atoms with Gasteiger partial charge in [-0.15, -0.1) is 0 Å². The van der Waals surface area contributed by atoms with Crippen LogP contribution in [0.3, 0.4) is 0 Å². The number of carboxylic acids is 2. The summed E-state index contributed by atoms with van der Waals surface area (Å²) in [6.07, 6.45) is 2.05. The minimum absolute atomic E-state index is 0.211. The Morgan fingerprint density at radius 1 is 0.889 bits per heavy atom. The second-order valence-electron chi connectivity index (χ2n) is 3.21. The first kappa shape index (κ1) is 21.7. The van der Waals surface area contributed by atoms with E-state index in [2.05, 4.69) is 4.74 Å². The average molecular weight is 264 g/mol. The second-order valence-corrected chi connectivity index (χ2v) is 3.21. The van der Waals surface area contributed by atoms with Gasteiger partial charge in [0.1, 0.15) is 0 Å². The van der Waals surface area contributed by atoms with Gasteiger partial charge in [0.05, 0.1) is 6.61 Å². The molecule has 0 saturated carbocycles. The fraction of sp³-hybridized carbons (Fsp3) is 0.750. The molecule has 6 heteroatoms. The molecule has 0 spiro atoms. The van der Waals surface area contributed by atoms with Crippen LogP contribution in [0.25, 0.3) is 0 Å². The summed E-state index contributed by atoms with van der Waals surface area (Å²) in [7, 11) is 0. The lowest BCUT2D eigenvalue weighted by Crippen LogP contribution is -1.95. The van der Waals surface area contributed by atoms with Crippen LogP contribution in [0.4, 0.5) is 0 Å². The van der Waals surface area contributed by atoms with E-state index in [4.69, 9.17) is 10.2 Å². The molecular weight excluding hydrogens is 240 g/mol. The molecule has 0 heterocycles. The molecule has 0 unspecified atom stereocenters. The van der Waals surface area contributed by atoms with Crippen LogP contribution in [0.2, 0.25) is 0 Å². The van der Waals surface area contributed by atoms with E-state index in [1.165, 1.54) is 6.92 Å². The van der Waals surface area contributed by atoms with Crippen LogP contribution < -0.4 is 0 Å². The molecule has 0 aromatic rings. The molecule has 18 heavy (non-hydrogen) atoms. The summed E-state index contributed by atoms with van der Waals surface area (Å²) < 4.78 is 4.40. The van der Waals surface area contributed by atoms with Crippen molar-refractivity contribution in [1.82, 2.24) is 0 Å². The molecule has 0 radical (unpaired) electrons. The zero-order valence-electron chi connectivity index (χ0n) is 11.6. The highest BCUT2D eigenvalue weighted by molar-refractivity contribution is 5.66. The number of rotatable bonds is 5. The van der Waals surface area contributed by atoms with E-state index in [9.17, 15) is 14.4 Å². The monoisotopic (exact) mass is 264 g/mol. The predicted octanol–water partition coefficient (Wildman–Crippen LogP) is 2.31. The van der Waals surface area contributed by atoms with Gasteiger partial charge in [-0.25, -0.2) is 0 Å². The lowest BCUT2D eigenvalue weighted by atomic mass is 10.4. The fourth-order valence-corrected chi connectivity index (χ4v) is 0.631. The molecule has 0 aliphatic rings. The smallest absolute Gasteiger partial charge is 0.303 e. The largest absolute Gasteiger partial charge is 0.481 e. The highest BCUT2D eigenvalue weighted by Crippen LogP contribution is 1.82. The number of esters is 1. The van der Waals surface area contributed by atoms with Crippen molar-refractivity contribution in [2.24, 2.45) is 0 Å². The molecule has 0 atom stereocenters. The number of hydrogen-bond donors (Lipinski definition) is 2. The minimum atomic E-state index is -0.711. The molecule has 0 aliphatic carbocycles. The number of aliphatic carboxylic acids is 2. The Hall–Kier alpha value is -1.59. The molecule has 0 amide bonds. The van der Waals surface area contributed by atoms with Crippen LogP contribution in [-0.2, 0) is 19.1 Å². The Bertz CT molecular complexity index is 187. The molecular formula is C12H24O6. The molecule has 0 aliphatic heterocycles. The van der Waals surface area contributed by atoms with Gasteiger partial charge in [0.2, 0.25) is 0 Å². The van der Waals surface area contributed by atoms with E-state index in [0.29, 0.717) is 19.4 Å². The van der Waals surface area contributed by atoms with Crippen molar-refractivity contribution in [3.05, 3.63) is 0 Å². The first-order valence-corrected chi connectivity index (χ1v) is 5.88. The van der Waals surface area contributed by atoms with Crippen LogP contribution in [0.15, 0.2) is 0 Å². The highest BCUT2D eigenvalue weighted by atomic mass is 16.5. The average Bonchev–Trinajstić information content (AvgIpc) is 2.18. The first-order chi connectivity index (χ1) is 8.31. The van der Waals surface area contributed by atoms with Crippen molar-refractivity contribution < 1.29 is 29.3 Å². The van der Waals surface area contributed by atoms with Crippen LogP contribution in [-0.4, -0.2) is 34.7 Å². The number of hydrogen-bond acceptors (Lipinski definition) is 4. The maximum atomic E-state index is 9.82. The van der Waals surface area contributed by atoms with Crippen molar-refractivity contribution in [3.8, 4) is 0 Å². The Kier molecular flexibility index (Phi) is 21.4. The maximum absolute atomic E-state index is 9.82. The summed E-state index contributed by atoms with van der Waals surface area (Å²) >= 11 is 0. The number of ether oxygens (including phenoxy) is 1. The topological polar surface area (TPSA) is 101 Å². The number of carbonyl (C=O) groups excluding carboxylic acids is 1. The molecule has 0 saturated heterocycles. The summed E-state index contributed by atoms with van der Waals surface area (Å²) in [6.45, 7) is 7.34. The summed E-state index contributed by atoms with van der Waals surface area (Å²) in [4.78, 5) is 29.0. The van der Waals surface area contributed by atoms with Crippen molar-refractivity contribution in [1.29, 1.82) is 0 Å². The second kappa shape index (κ2) is 17.8. The van der Waals surface area contributed by atoms with E-state index in [1.54, 1.807) is 6.92 Å². The van der Waals surface area contributed by atoms with Gasteiger partial charge in [-0.05, 0) is 19.8 Å². The van der Waals surface area contributed by atoms with Gasteiger partial charge in [0.15, 0.2) is 0 Å². The van der Waals surface area contributed by atoms with Crippen molar-refractivity contribution in [2.45, 2.75) is 53.4 Å². The minimum Gasteiger partial charge on any atom is -0.481 e. The van der Waals surface area contributed by atoms with Gasteiger partial charge >= 0.3 is 17.9 Å². The Balaban J connectivity index is -0.000000187. The zero-order chi connectivity index (χ0) is 15.0. The molecule has 0 aromatic carbocycles. The molecule has 0 rings (SSSR count). The predicted molar refractivity (Wildman–Crippen MR) is 67.4 cm³/mol. The van der Waals surface area contributed by atoms with Gasteiger partial charge in [-0.2, -0.15) is 0 Å². The van der Waals surface area contributed by atoms with Crippen LogP contribution in [0, 0.1) is 0 Å². The summed E-state index contributed by atoms with van der Waals surface area (Å²) in [5, 5.41) is 15.8. The molecule has 6 nitrogen and oxygen atoms in total. The van der Waals surface area contributed by atoms with E-state index in [-0.39, 0.29) is 5.97 Å². The molecule has 0 fully saturated rings. The Morgan fingerprint density at radius 3 is 1.22 bits per heavy atom. The lowest BCUT2D eigenvalue weighted by Gasteiger charge is -1.89. The molecule has 2 N–H and O–H groups in total. The normalized spacial score (nSPS) is 8.00. The number of carboxylic acid groups (broad SMARTS) is 2. The lowest BCUT2D eigenvalue weighted by molar-refractivity contribution is -0.140. The van der Waals surface area contributed by atoms with E-state index >= 15 is 0 Å². The molecule has 108 valence electrons. The summed E-state index contributed by atoms with van der Waals surface area (Å²) in [5.41, 5.74) is 0. The third-order valence-electron chi connectivity index (χ3n) is 1.28. The first-order valence-electron chi connectivity index (χ1n) is 5.88. The van der Waals surface area contributed by atoms with Crippen LogP contribution in [0.5, 0.6) is 0 Å². The van der Waals surface area contributed by atoms with E-state index in [1.807, 2.05) is 13.8 Å². The maximum Gasteiger partial charge on any atom is 0.303 e. The van der Waals surface area contributed by atoms with Crippen molar-refractivity contribution in [2.75, 3.05) is 6.61 Å². The number of carbonyl (C=O) groups is 3. The van der Waals surface area contributed by atoms with Crippen LogP contribution in [0.1, 0.15) is 53.4 Å². The SMILES string of the molecule is CCCC(=O)O.CCCC(=O)O.CCOC(C)=O. The van der Waals surface area contributed by atoms with Gasteiger partial charge in [0.25, 0.3) is 0 Å². The van der Waals surface area contributed by atoms with Crippen molar-refractivity contribution >= 4 is 17.9 Å². The van der Waals surface area contributed by atoms with Gasteiger partial charge in [0, 0.05) is 19.8 Å². The molecule has 0 aromatic heterocycles. The van der Waals surface area contributed by atoms with Crippen molar-refractivity contribution in [3.63, 3.8) is 0 Å². The Labute approximate surface area is 108 Å². The van der Waals surface area contributed by atoms with E-state index < -0.39 is 11.9 Å². The van der Waals surface area contributed by atoms with E-state index in [0.717, 1.165) is 12.8 Å². The third kappa shape index (κ3) is 47.2. The third-order valence-corrected chi connectivity index (χ3v) is 1.28.